The maximum Gasteiger partial charge on any atom is 0.343 e. The minimum atomic E-state index is -1.00. The van der Waals surface area contributed by atoms with Crippen molar-refractivity contribution in [2.45, 2.75) is 0 Å². The van der Waals surface area contributed by atoms with Crippen molar-refractivity contribution < 1.29 is 28.7 Å². The molecule has 3 aromatic rings. The molecular formula is C27H24N4O6. The van der Waals surface area contributed by atoms with E-state index in [1.165, 1.54) is 6.21 Å². The van der Waals surface area contributed by atoms with E-state index in [0.29, 0.717) is 43.2 Å². The van der Waals surface area contributed by atoms with E-state index in [9.17, 15) is 19.2 Å². The van der Waals surface area contributed by atoms with E-state index in [2.05, 4.69) is 15.8 Å². The maximum absolute atomic E-state index is 12.8. The Bertz CT molecular complexity index is 1300. The smallest absolute Gasteiger partial charge is 0.343 e. The summed E-state index contributed by atoms with van der Waals surface area (Å²) in [6.45, 7) is 1.80. The number of amides is 3. The van der Waals surface area contributed by atoms with Crippen LogP contribution in [0.25, 0.3) is 0 Å². The van der Waals surface area contributed by atoms with Crippen LogP contribution >= 0.6 is 0 Å². The van der Waals surface area contributed by atoms with Gasteiger partial charge in [0.05, 0.1) is 36.2 Å². The quantitative estimate of drug-likeness (QED) is 0.176. The van der Waals surface area contributed by atoms with Gasteiger partial charge >= 0.3 is 17.8 Å². The molecule has 0 saturated carbocycles. The summed E-state index contributed by atoms with van der Waals surface area (Å²) in [6.07, 6.45) is 1.34. The fraction of sp³-hybridized carbons (Fsp3) is 0.148. The van der Waals surface area contributed by atoms with Crippen molar-refractivity contribution in [2.75, 3.05) is 31.6 Å². The lowest BCUT2D eigenvalue weighted by atomic mass is 10.1. The topological polar surface area (TPSA) is 126 Å². The molecule has 0 aromatic heterocycles. The van der Waals surface area contributed by atoms with Gasteiger partial charge in [-0.15, -0.1) is 0 Å². The van der Waals surface area contributed by atoms with Crippen molar-refractivity contribution in [3.8, 4) is 5.75 Å². The van der Waals surface area contributed by atoms with E-state index in [0.717, 1.165) is 0 Å². The number of anilines is 1. The molecule has 0 spiro atoms. The molecule has 1 aliphatic rings. The van der Waals surface area contributed by atoms with E-state index in [1.54, 1.807) is 83.8 Å². The summed E-state index contributed by atoms with van der Waals surface area (Å²) in [6, 6.07) is 21.5. The zero-order chi connectivity index (χ0) is 26.0. The maximum atomic E-state index is 12.8. The molecule has 3 aromatic carbocycles. The van der Waals surface area contributed by atoms with Gasteiger partial charge in [-0.3, -0.25) is 14.4 Å². The number of hydrogen-bond donors (Lipinski definition) is 2. The van der Waals surface area contributed by atoms with Crippen LogP contribution in [-0.4, -0.2) is 61.1 Å². The van der Waals surface area contributed by atoms with Gasteiger partial charge in [-0.05, 0) is 54.1 Å². The van der Waals surface area contributed by atoms with Crippen LogP contribution in [0.4, 0.5) is 5.69 Å². The predicted molar refractivity (Wildman–Crippen MR) is 135 cm³/mol. The first-order valence-electron chi connectivity index (χ1n) is 11.5. The second kappa shape index (κ2) is 12.2. The van der Waals surface area contributed by atoms with Crippen LogP contribution in [-0.2, 0) is 14.3 Å². The second-order valence-corrected chi connectivity index (χ2v) is 7.93. The molecule has 4 rings (SSSR count). The number of nitrogens with one attached hydrogen (secondary N) is 2. The van der Waals surface area contributed by atoms with Crippen molar-refractivity contribution in [3.63, 3.8) is 0 Å². The van der Waals surface area contributed by atoms with Crippen LogP contribution in [0.2, 0.25) is 0 Å². The summed E-state index contributed by atoms with van der Waals surface area (Å²) < 4.78 is 10.6. The Morgan fingerprint density at radius 1 is 0.838 bits per heavy atom. The van der Waals surface area contributed by atoms with E-state index in [4.69, 9.17) is 9.47 Å². The summed E-state index contributed by atoms with van der Waals surface area (Å²) in [7, 11) is 0. The standard InChI is InChI=1S/C27H24N4O6/c32-24(29-23-9-5-4-8-22(23)26(34)31-14-16-36-17-15-31)25(33)30-28-18-19-10-12-21(13-11-19)37-27(35)20-6-2-1-3-7-20/h1-13,18H,14-17H2,(H,29,32)(H,30,33)/b28-18+. The molecule has 188 valence electrons. The number of ether oxygens (including phenoxy) is 2. The fourth-order valence-corrected chi connectivity index (χ4v) is 3.47. The van der Waals surface area contributed by atoms with Crippen LogP contribution in [0.5, 0.6) is 5.75 Å². The first kappa shape index (κ1) is 25.3. The van der Waals surface area contributed by atoms with Crippen LogP contribution in [0.1, 0.15) is 26.3 Å². The number of nitrogens with zero attached hydrogens (tertiary/aromatic N) is 2. The molecule has 0 unspecified atom stereocenters. The molecule has 1 saturated heterocycles. The number of rotatable bonds is 6. The van der Waals surface area contributed by atoms with Gasteiger partial charge in [0.15, 0.2) is 0 Å². The van der Waals surface area contributed by atoms with Crippen molar-refractivity contribution in [1.82, 2.24) is 10.3 Å². The first-order chi connectivity index (χ1) is 18.0. The SMILES string of the molecule is O=C(N/N=C/c1ccc(OC(=O)c2ccccc2)cc1)C(=O)Nc1ccccc1C(=O)N1CCOCC1. The van der Waals surface area contributed by atoms with E-state index >= 15 is 0 Å². The lowest BCUT2D eigenvalue weighted by molar-refractivity contribution is -0.136. The van der Waals surface area contributed by atoms with Crippen LogP contribution in [0.15, 0.2) is 84.0 Å². The highest BCUT2D eigenvalue weighted by Crippen LogP contribution is 2.18. The zero-order valence-corrected chi connectivity index (χ0v) is 19.8. The molecule has 0 aliphatic carbocycles. The Morgan fingerprint density at radius 3 is 2.24 bits per heavy atom. The van der Waals surface area contributed by atoms with Gasteiger partial charge in [-0.2, -0.15) is 5.10 Å². The highest BCUT2D eigenvalue weighted by molar-refractivity contribution is 6.40. The summed E-state index contributed by atoms with van der Waals surface area (Å²) in [5, 5.41) is 6.26. The third-order valence-electron chi connectivity index (χ3n) is 5.39. The first-order valence-corrected chi connectivity index (χ1v) is 11.5. The van der Waals surface area contributed by atoms with E-state index < -0.39 is 17.8 Å². The zero-order valence-electron chi connectivity index (χ0n) is 19.8. The minimum Gasteiger partial charge on any atom is -0.423 e. The van der Waals surface area contributed by atoms with Gasteiger partial charge in [0.2, 0.25) is 0 Å². The lowest BCUT2D eigenvalue weighted by Crippen LogP contribution is -2.41. The van der Waals surface area contributed by atoms with E-state index in [-0.39, 0.29) is 17.2 Å². The lowest BCUT2D eigenvalue weighted by Gasteiger charge is -2.27. The van der Waals surface area contributed by atoms with Gasteiger partial charge < -0.3 is 19.7 Å². The average Bonchev–Trinajstić information content (AvgIpc) is 2.94. The average molecular weight is 501 g/mol. The molecule has 0 radical (unpaired) electrons. The Kier molecular flexibility index (Phi) is 8.35. The van der Waals surface area contributed by atoms with Crippen molar-refractivity contribution in [3.05, 3.63) is 95.6 Å². The highest BCUT2D eigenvalue weighted by atomic mass is 16.5. The molecule has 10 nitrogen and oxygen atoms in total. The van der Waals surface area contributed by atoms with E-state index in [1.807, 2.05) is 0 Å². The van der Waals surface area contributed by atoms with Gasteiger partial charge in [-0.25, -0.2) is 10.2 Å². The molecule has 0 bridgehead atoms. The fourth-order valence-electron chi connectivity index (χ4n) is 3.47. The molecule has 10 heteroatoms. The molecule has 1 heterocycles. The molecule has 3 amide bonds. The molecule has 0 atom stereocenters. The normalized spacial score (nSPS) is 13.1. The molecule has 37 heavy (non-hydrogen) atoms. The van der Waals surface area contributed by atoms with Gasteiger partial charge in [0.1, 0.15) is 5.75 Å². The van der Waals surface area contributed by atoms with Gasteiger partial charge in [-0.1, -0.05) is 30.3 Å². The summed E-state index contributed by atoms with van der Waals surface area (Å²) >= 11 is 0. The Morgan fingerprint density at radius 2 is 1.51 bits per heavy atom. The Labute approximate surface area is 212 Å². The highest BCUT2D eigenvalue weighted by Gasteiger charge is 2.23. The second-order valence-electron chi connectivity index (χ2n) is 7.93. The molecule has 2 N–H and O–H groups in total. The minimum absolute atomic E-state index is 0.226. The number of morpholine rings is 1. The number of esters is 1. The van der Waals surface area contributed by atoms with Gasteiger partial charge in [0.25, 0.3) is 5.91 Å². The van der Waals surface area contributed by atoms with Crippen LogP contribution in [0.3, 0.4) is 0 Å². The number of carbonyl (C=O) groups is 4. The Hall–Kier alpha value is -4.83. The summed E-state index contributed by atoms with van der Waals surface area (Å²) in [4.78, 5) is 51.2. The van der Waals surface area contributed by atoms with Gasteiger partial charge in [0, 0.05) is 13.1 Å². The number of para-hydroxylation sites is 1. The van der Waals surface area contributed by atoms with Crippen LogP contribution in [0, 0.1) is 0 Å². The van der Waals surface area contributed by atoms with Crippen molar-refractivity contribution >= 4 is 35.6 Å². The number of hydrogen-bond acceptors (Lipinski definition) is 7. The van der Waals surface area contributed by atoms with Crippen LogP contribution < -0.4 is 15.5 Å². The third-order valence-corrected chi connectivity index (χ3v) is 5.39. The largest absolute Gasteiger partial charge is 0.423 e. The molecule has 1 fully saturated rings. The number of carbonyl (C=O) groups excluding carboxylic acids is 4. The number of hydrazone groups is 1. The molecule has 1 aliphatic heterocycles. The molecular weight excluding hydrogens is 476 g/mol. The number of benzene rings is 3. The summed E-state index contributed by atoms with van der Waals surface area (Å²) in [5.41, 5.74) is 3.69. The third kappa shape index (κ3) is 6.86. The monoisotopic (exact) mass is 500 g/mol. The Balaban J connectivity index is 1.30. The van der Waals surface area contributed by atoms with Crippen molar-refractivity contribution in [2.24, 2.45) is 5.10 Å². The van der Waals surface area contributed by atoms with Crippen molar-refractivity contribution in [1.29, 1.82) is 0 Å². The predicted octanol–water partition coefficient (Wildman–Crippen LogP) is 2.47. The summed E-state index contributed by atoms with van der Waals surface area (Å²) in [5.74, 6) is -2.36.